The van der Waals surface area contributed by atoms with Crippen LogP contribution in [-0.2, 0) is 11.2 Å². The molecule has 0 radical (unpaired) electrons. The van der Waals surface area contributed by atoms with Crippen molar-refractivity contribution in [3.63, 3.8) is 0 Å². The second-order valence-electron chi connectivity index (χ2n) is 4.67. The van der Waals surface area contributed by atoms with Crippen LogP contribution in [0.3, 0.4) is 0 Å². The molecule has 1 amide bonds. The van der Waals surface area contributed by atoms with Crippen LogP contribution in [-0.4, -0.2) is 27.6 Å². The number of hydrogen-bond acceptors (Lipinski definition) is 3. The van der Waals surface area contributed by atoms with Crippen molar-refractivity contribution in [2.75, 3.05) is 6.54 Å². The monoisotopic (exact) mass is 304 g/mol. The van der Waals surface area contributed by atoms with Crippen LogP contribution in [0.15, 0.2) is 30.6 Å². The fourth-order valence-electron chi connectivity index (χ4n) is 1.76. The van der Waals surface area contributed by atoms with E-state index in [1.54, 1.807) is 6.08 Å². The van der Waals surface area contributed by atoms with E-state index >= 15 is 0 Å². The zero-order valence-electron chi connectivity index (χ0n) is 11.8. The quantitative estimate of drug-likeness (QED) is 0.636. The molecule has 2 rings (SSSR count). The van der Waals surface area contributed by atoms with Gasteiger partial charge >= 0.3 is 0 Å². The van der Waals surface area contributed by atoms with Crippen LogP contribution in [0.25, 0.3) is 6.08 Å². The van der Waals surface area contributed by atoms with Gasteiger partial charge in [0.25, 0.3) is 0 Å². The molecule has 1 heterocycles. The zero-order chi connectivity index (χ0) is 15.1. The average Bonchev–Trinajstić information content (AvgIpc) is 2.98. The molecule has 0 saturated heterocycles. The van der Waals surface area contributed by atoms with Gasteiger partial charge in [-0.05, 0) is 36.6 Å². The predicted molar refractivity (Wildman–Crippen MR) is 82.9 cm³/mol. The summed E-state index contributed by atoms with van der Waals surface area (Å²) in [6.45, 7) is 2.54. The highest BCUT2D eigenvalue weighted by molar-refractivity contribution is 6.31. The molecule has 6 heteroatoms. The first-order valence-electron chi connectivity index (χ1n) is 6.71. The minimum Gasteiger partial charge on any atom is -0.353 e. The van der Waals surface area contributed by atoms with Crippen LogP contribution in [0, 0.1) is 6.92 Å². The summed E-state index contributed by atoms with van der Waals surface area (Å²) in [4.78, 5) is 15.7. The summed E-state index contributed by atoms with van der Waals surface area (Å²) >= 11 is 6.03. The second-order valence-corrected chi connectivity index (χ2v) is 5.08. The van der Waals surface area contributed by atoms with Crippen LogP contribution in [0.5, 0.6) is 0 Å². The smallest absolute Gasteiger partial charge is 0.243 e. The van der Waals surface area contributed by atoms with Gasteiger partial charge in [-0.25, -0.2) is 4.98 Å². The Balaban J connectivity index is 1.73. The van der Waals surface area contributed by atoms with Crippen molar-refractivity contribution in [1.29, 1.82) is 0 Å². The molecule has 2 aromatic rings. The lowest BCUT2D eigenvalue weighted by molar-refractivity contribution is -0.116. The van der Waals surface area contributed by atoms with Gasteiger partial charge < -0.3 is 5.32 Å². The van der Waals surface area contributed by atoms with Gasteiger partial charge in [0.05, 0.1) is 0 Å². The van der Waals surface area contributed by atoms with Crippen LogP contribution in [0.2, 0.25) is 5.02 Å². The first-order valence-corrected chi connectivity index (χ1v) is 7.09. The highest BCUT2D eigenvalue weighted by Gasteiger charge is 1.99. The number of aromatic amines is 1. The molecule has 5 nitrogen and oxygen atoms in total. The summed E-state index contributed by atoms with van der Waals surface area (Å²) in [7, 11) is 0. The van der Waals surface area contributed by atoms with E-state index in [9.17, 15) is 4.79 Å². The van der Waals surface area contributed by atoms with Gasteiger partial charge in [0.1, 0.15) is 12.2 Å². The molecular weight excluding hydrogens is 288 g/mol. The molecule has 0 bridgehead atoms. The van der Waals surface area contributed by atoms with Crippen molar-refractivity contribution in [1.82, 2.24) is 20.5 Å². The molecule has 1 aromatic heterocycles. The van der Waals surface area contributed by atoms with Gasteiger partial charge in [0.2, 0.25) is 5.91 Å². The molecule has 21 heavy (non-hydrogen) atoms. The normalized spacial score (nSPS) is 11.0. The van der Waals surface area contributed by atoms with E-state index in [2.05, 4.69) is 20.5 Å². The lowest BCUT2D eigenvalue weighted by Crippen LogP contribution is -2.22. The summed E-state index contributed by atoms with van der Waals surface area (Å²) in [5.41, 5.74) is 1.92. The summed E-state index contributed by atoms with van der Waals surface area (Å²) in [5.74, 6) is 0.707. The molecule has 0 aliphatic heterocycles. The molecule has 0 unspecified atom stereocenters. The molecule has 2 N–H and O–H groups in total. The number of amides is 1. The first-order chi connectivity index (χ1) is 10.1. The number of carbonyl (C=O) groups is 1. The zero-order valence-corrected chi connectivity index (χ0v) is 12.5. The molecule has 0 fully saturated rings. The summed E-state index contributed by atoms with van der Waals surface area (Å²) < 4.78 is 0. The molecule has 0 aliphatic rings. The van der Waals surface area contributed by atoms with Crippen molar-refractivity contribution in [2.45, 2.75) is 19.8 Å². The number of nitrogens with zero attached hydrogens (tertiary/aromatic N) is 2. The van der Waals surface area contributed by atoms with Crippen molar-refractivity contribution >= 4 is 23.6 Å². The molecule has 0 atom stereocenters. The maximum Gasteiger partial charge on any atom is 0.243 e. The molecule has 0 saturated carbocycles. The number of rotatable bonds is 6. The predicted octanol–water partition coefficient (Wildman–Crippen LogP) is 2.53. The number of halogens is 1. The number of benzene rings is 1. The number of H-pyrrole nitrogens is 1. The lowest BCUT2D eigenvalue weighted by Gasteiger charge is -2.01. The average molecular weight is 305 g/mol. The van der Waals surface area contributed by atoms with E-state index in [4.69, 9.17) is 11.6 Å². The summed E-state index contributed by atoms with van der Waals surface area (Å²) in [5, 5.41) is 10.1. The number of aryl methyl sites for hydroxylation is 2. The largest absolute Gasteiger partial charge is 0.353 e. The fourth-order valence-corrected chi connectivity index (χ4v) is 1.95. The SMILES string of the molecule is Cc1ccc(C=CC(=O)NCCCc2ncn[nH]2)cc1Cl. The third kappa shape index (κ3) is 5.04. The van der Waals surface area contributed by atoms with E-state index in [0.29, 0.717) is 11.6 Å². The van der Waals surface area contributed by atoms with Crippen molar-refractivity contribution < 1.29 is 4.79 Å². The Labute approximate surface area is 128 Å². The Morgan fingerprint density at radius 2 is 2.33 bits per heavy atom. The number of carbonyl (C=O) groups excluding carboxylic acids is 1. The second kappa shape index (κ2) is 7.59. The Morgan fingerprint density at radius 3 is 3.05 bits per heavy atom. The van der Waals surface area contributed by atoms with Gasteiger partial charge in [0, 0.05) is 24.1 Å². The Bertz CT molecular complexity index is 623. The van der Waals surface area contributed by atoms with E-state index in [1.807, 2.05) is 25.1 Å². The third-order valence-electron chi connectivity index (χ3n) is 2.98. The van der Waals surface area contributed by atoms with E-state index in [-0.39, 0.29) is 5.91 Å². The van der Waals surface area contributed by atoms with Crippen LogP contribution < -0.4 is 5.32 Å². The van der Waals surface area contributed by atoms with Crippen LogP contribution in [0.1, 0.15) is 23.4 Å². The summed E-state index contributed by atoms with van der Waals surface area (Å²) in [6.07, 6.45) is 6.30. The van der Waals surface area contributed by atoms with E-state index in [0.717, 1.165) is 29.8 Å². The van der Waals surface area contributed by atoms with Gasteiger partial charge in [-0.15, -0.1) is 0 Å². The van der Waals surface area contributed by atoms with Crippen molar-refractivity contribution in [3.05, 3.63) is 52.6 Å². The van der Waals surface area contributed by atoms with Crippen molar-refractivity contribution in [3.8, 4) is 0 Å². The van der Waals surface area contributed by atoms with Gasteiger partial charge in [-0.2, -0.15) is 5.10 Å². The standard InChI is InChI=1S/C15H17ClN4O/c1-11-4-5-12(9-13(11)16)6-7-15(21)17-8-2-3-14-18-10-19-20-14/h4-7,9-10H,2-3,8H2,1H3,(H,17,21)(H,18,19,20). The fraction of sp³-hybridized carbons (Fsp3) is 0.267. The Hall–Kier alpha value is -2.14. The summed E-state index contributed by atoms with van der Waals surface area (Å²) in [6, 6.07) is 5.69. The Kier molecular flexibility index (Phi) is 5.51. The van der Waals surface area contributed by atoms with E-state index < -0.39 is 0 Å². The van der Waals surface area contributed by atoms with Gasteiger partial charge in [-0.3, -0.25) is 9.89 Å². The topological polar surface area (TPSA) is 70.7 Å². The van der Waals surface area contributed by atoms with Gasteiger partial charge in [0.15, 0.2) is 0 Å². The molecular formula is C15H17ClN4O. The maximum atomic E-state index is 11.7. The van der Waals surface area contributed by atoms with Gasteiger partial charge in [-0.1, -0.05) is 23.7 Å². The maximum absolute atomic E-state index is 11.7. The lowest BCUT2D eigenvalue weighted by atomic mass is 10.1. The Morgan fingerprint density at radius 1 is 1.48 bits per heavy atom. The number of nitrogens with one attached hydrogen (secondary N) is 2. The van der Waals surface area contributed by atoms with Crippen LogP contribution in [0.4, 0.5) is 0 Å². The minimum absolute atomic E-state index is 0.121. The highest BCUT2D eigenvalue weighted by atomic mass is 35.5. The van der Waals surface area contributed by atoms with Crippen molar-refractivity contribution in [2.24, 2.45) is 0 Å². The minimum atomic E-state index is -0.121. The molecule has 110 valence electrons. The van der Waals surface area contributed by atoms with E-state index in [1.165, 1.54) is 12.4 Å². The number of aromatic nitrogens is 3. The first kappa shape index (κ1) is 15.3. The molecule has 1 aromatic carbocycles. The molecule has 0 aliphatic carbocycles. The van der Waals surface area contributed by atoms with Crippen LogP contribution >= 0.6 is 11.6 Å². The third-order valence-corrected chi connectivity index (χ3v) is 3.38. The molecule has 0 spiro atoms. The number of hydrogen-bond donors (Lipinski definition) is 2. The highest BCUT2D eigenvalue weighted by Crippen LogP contribution is 2.17.